The van der Waals surface area contributed by atoms with Gasteiger partial charge >= 0.3 is 5.97 Å². The van der Waals surface area contributed by atoms with Gasteiger partial charge in [0.1, 0.15) is 6.04 Å². The van der Waals surface area contributed by atoms with Gasteiger partial charge in [-0.05, 0) is 35.6 Å². The van der Waals surface area contributed by atoms with Crippen LogP contribution in [0.15, 0.2) is 48.5 Å². The van der Waals surface area contributed by atoms with E-state index in [0.29, 0.717) is 18.1 Å². The van der Waals surface area contributed by atoms with Crippen LogP contribution in [0.25, 0.3) is 0 Å². The number of nitrogens with zero attached hydrogens (tertiary/aromatic N) is 1. The van der Waals surface area contributed by atoms with Gasteiger partial charge < -0.3 is 15.0 Å². The van der Waals surface area contributed by atoms with Crippen LogP contribution in [0.2, 0.25) is 5.02 Å². The second-order valence-electron chi connectivity index (χ2n) is 7.62. The Morgan fingerprint density at radius 3 is 2.43 bits per heavy atom. The van der Waals surface area contributed by atoms with Crippen molar-refractivity contribution in [1.82, 2.24) is 10.2 Å². The maximum Gasteiger partial charge on any atom is 0.329 e. The van der Waals surface area contributed by atoms with Crippen molar-refractivity contribution in [3.63, 3.8) is 0 Å². The number of amides is 2. The minimum Gasteiger partial charge on any atom is -0.454 e. The second kappa shape index (κ2) is 9.76. The first-order chi connectivity index (χ1) is 14.4. The van der Waals surface area contributed by atoms with Gasteiger partial charge in [0.15, 0.2) is 6.61 Å². The van der Waals surface area contributed by atoms with E-state index >= 15 is 0 Å². The minimum atomic E-state index is -0.886. The molecular formula is C23H25ClN2O4. The van der Waals surface area contributed by atoms with Gasteiger partial charge in [0, 0.05) is 13.1 Å². The normalized spacial score (nSPS) is 14.1. The van der Waals surface area contributed by atoms with Crippen LogP contribution in [0, 0.1) is 5.92 Å². The second-order valence-corrected chi connectivity index (χ2v) is 8.02. The van der Waals surface area contributed by atoms with E-state index in [1.807, 2.05) is 18.2 Å². The van der Waals surface area contributed by atoms with Crippen molar-refractivity contribution < 1.29 is 19.1 Å². The van der Waals surface area contributed by atoms with Crippen LogP contribution in [-0.2, 0) is 27.3 Å². The molecular weight excluding hydrogens is 404 g/mol. The average molecular weight is 429 g/mol. The predicted molar refractivity (Wildman–Crippen MR) is 114 cm³/mol. The van der Waals surface area contributed by atoms with E-state index in [4.69, 9.17) is 16.3 Å². The van der Waals surface area contributed by atoms with Crippen LogP contribution in [0.1, 0.15) is 35.3 Å². The van der Waals surface area contributed by atoms with E-state index in [0.717, 1.165) is 12.0 Å². The molecule has 30 heavy (non-hydrogen) atoms. The molecule has 0 fully saturated rings. The Hall–Kier alpha value is -2.86. The zero-order valence-electron chi connectivity index (χ0n) is 17.1. The number of halogens is 1. The third-order valence-electron chi connectivity index (χ3n) is 5.15. The SMILES string of the molecule is CC(C)[C@@H](NC(=O)c1ccccc1Cl)C(=O)OCC(=O)N1CCc2ccccc2C1. The first kappa shape index (κ1) is 21.8. The maximum atomic E-state index is 12.6. The van der Waals surface area contributed by atoms with E-state index < -0.39 is 17.9 Å². The number of carbonyl (C=O) groups is 3. The van der Waals surface area contributed by atoms with Crippen molar-refractivity contribution in [3.8, 4) is 0 Å². The fourth-order valence-corrected chi connectivity index (χ4v) is 3.61. The molecule has 1 aliphatic rings. The van der Waals surface area contributed by atoms with Crippen LogP contribution in [-0.4, -0.2) is 41.9 Å². The zero-order valence-corrected chi connectivity index (χ0v) is 17.8. The van der Waals surface area contributed by atoms with E-state index in [1.165, 1.54) is 5.56 Å². The summed E-state index contributed by atoms with van der Waals surface area (Å²) in [6.45, 7) is 4.32. The number of benzene rings is 2. The Bertz CT molecular complexity index is 944. The highest BCUT2D eigenvalue weighted by Crippen LogP contribution is 2.19. The molecule has 1 atom stereocenters. The predicted octanol–water partition coefficient (Wildman–Crippen LogP) is 3.22. The Morgan fingerprint density at radius 2 is 1.73 bits per heavy atom. The van der Waals surface area contributed by atoms with Gasteiger partial charge in [0.05, 0.1) is 10.6 Å². The van der Waals surface area contributed by atoms with Gasteiger partial charge in [-0.15, -0.1) is 0 Å². The van der Waals surface area contributed by atoms with Gasteiger partial charge in [-0.2, -0.15) is 0 Å². The number of fused-ring (bicyclic) bond motifs is 1. The molecule has 0 unspecified atom stereocenters. The highest BCUT2D eigenvalue weighted by Gasteiger charge is 2.28. The number of esters is 1. The number of rotatable bonds is 6. The summed E-state index contributed by atoms with van der Waals surface area (Å²) in [6, 6.07) is 13.7. The molecule has 1 aliphatic heterocycles. The third-order valence-corrected chi connectivity index (χ3v) is 5.48. The molecule has 7 heteroatoms. The lowest BCUT2D eigenvalue weighted by molar-refractivity contribution is -0.154. The Balaban J connectivity index is 1.57. The summed E-state index contributed by atoms with van der Waals surface area (Å²) >= 11 is 6.06. The summed E-state index contributed by atoms with van der Waals surface area (Å²) < 4.78 is 5.26. The van der Waals surface area contributed by atoms with Gasteiger partial charge in [-0.1, -0.05) is 61.8 Å². The summed E-state index contributed by atoms with van der Waals surface area (Å²) in [6.07, 6.45) is 0.776. The molecule has 0 radical (unpaired) electrons. The molecule has 1 heterocycles. The first-order valence-corrected chi connectivity index (χ1v) is 10.3. The van der Waals surface area contributed by atoms with E-state index in [2.05, 4.69) is 11.4 Å². The molecule has 0 saturated carbocycles. The maximum absolute atomic E-state index is 12.6. The number of ether oxygens (including phenoxy) is 1. The van der Waals surface area contributed by atoms with Gasteiger partial charge in [-0.3, -0.25) is 9.59 Å². The van der Waals surface area contributed by atoms with E-state index in [-0.39, 0.29) is 24.0 Å². The Labute approximate surface area is 181 Å². The van der Waals surface area contributed by atoms with Crippen LogP contribution in [0.3, 0.4) is 0 Å². The van der Waals surface area contributed by atoms with Crippen LogP contribution in [0.4, 0.5) is 0 Å². The van der Waals surface area contributed by atoms with Crippen molar-refractivity contribution in [1.29, 1.82) is 0 Å². The van der Waals surface area contributed by atoms with Crippen molar-refractivity contribution in [3.05, 3.63) is 70.2 Å². The standard InChI is InChI=1S/C23H25ClN2O4/c1-15(2)21(25-22(28)18-9-5-6-10-19(18)24)23(29)30-14-20(27)26-12-11-16-7-3-4-8-17(16)13-26/h3-10,15,21H,11-14H2,1-2H3,(H,25,28)/t21-/m1/s1. The monoisotopic (exact) mass is 428 g/mol. The molecule has 0 spiro atoms. The molecule has 2 aromatic rings. The lowest BCUT2D eigenvalue weighted by Gasteiger charge is -2.29. The van der Waals surface area contributed by atoms with Crippen LogP contribution < -0.4 is 5.32 Å². The number of nitrogens with one attached hydrogen (secondary N) is 1. The molecule has 0 saturated heterocycles. The Morgan fingerprint density at radius 1 is 1.07 bits per heavy atom. The van der Waals surface area contributed by atoms with Crippen molar-refractivity contribution in [2.45, 2.75) is 32.9 Å². The first-order valence-electron chi connectivity index (χ1n) is 9.93. The number of hydrogen-bond acceptors (Lipinski definition) is 4. The molecule has 2 aromatic carbocycles. The lowest BCUT2D eigenvalue weighted by Crippen LogP contribution is -2.46. The molecule has 6 nitrogen and oxygen atoms in total. The number of carbonyl (C=O) groups excluding carboxylic acids is 3. The lowest BCUT2D eigenvalue weighted by atomic mass is 10.00. The molecule has 3 rings (SSSR count). The fourth-order valence-electron chi connectivity index (χ4n) is 3.38. The largest absolute Gasteiger partial charge is 0.454 e. The molecule has 2 amide bonds. The summed E-state index contributed by atoms with van der Waals surface area (Å²) in [4.78, 5) is 39.3. The van der Waals surface area contributed by atoms with E-state index in [9.17, 15) is 14.4 Å². The molecule has 0 bridgehead atoms. The van der Waals surface area contributed by atoms with Crippen LogP contribution >= 0.6 is 11.6 Å². The molecule has 158 valence electrons. The Kier molecular flexibility index (Phi) is 7.11. The van der Waals surface area contributed by atoms with Crippen molar-refractivity contribution in [2.24, 2.45) is 5.92 Å². The van der Waals surface area contributed by atoms with Gasteiger partial charge in [0.2, 0.25) is 0 Å². The van der Waals surface area contributed by atoms with Gasteiger partial charge in [-0.25, -0.2) is 4.79 Å². The van der Waals surface area contributed by atoms with Gasteiger partial charge in [0.25, 0.3) is 11.8 Å². The summed E-state index contributed by atoms with van der Waals surface area (Å²) in [5.74, 6) is -1.58. The van der Waals surface area contributed by atoms with Crippen molar-refractivity contribution in [2.75, 3.05) is 13.2 Å². The van der Waals surface area contributed by atoms with E-state index in [1.54, 1.807) is 43.0 Å². The molecule has 0 aliphatic carbocycles. The topological polar surface area (TPSA) is 75.7 Å². The zero-order chi connectivity index (χ0) is 21.7. The fraction of sp³-hybridized carbons (Fsp3) is 0.348. The summed E-state index contributed by atoms with van der Waals surface area (Å²) in [5.41, 5.74) is 2.62. The number of hydrogen-bond donors (Lipinski definition) is 1. The minimum absolute atomic E-state index is 0.221. The molecule has 1 N–H and O–H groups in total. The highest BCUT2D eigenvalue weighted by atomic mass is 35.5. The smallest absolute Gasteiger partial charge is 0.329 e. The third kappa shape index (κ3) is 5.19. The quantitative estimate of drug-likeness (QED) is 0.717. The highest BCUT2D eigenvalue weighted by molar-refractivity contribution is 6.33. The summed E-state index contributed by atoms with van der Waals surface area (Å²) in [7, 11) is 0. The van der Waals surface area contributed by atoms with Crippen LogP contribution in [0.5, 0.6) is 0 Å². The van der Waals surface area contributed by atoms with Crippen molar-refractivity contribution >= 4 is 29.4 Å². The summed E-state index contributed by atoms with van der Waals surface area (Å²) in [5, 5.41) is 2.96. The molecule has 0 aromatic heterocycles. The average Bonchev–Trinajstić information content (AvgIpc) is 2.75.